The third-order valence-electron chi connectivity index (χ3n) is 4.92. The maximum atomic E-state index is 12.6. The van der Waals surface area contributed by atoms with Gasteiger partial charge in [-0.3, -0.25) is 9.69 Å². The Morgan fingerprint density at radius 2 is 1.89 bits per heavy atom. The van der Waals surface area contributed by atoms with Crippen molar-refractivity contribution < 1.29 is 4.79 Å². The van der Waals surface area contributed by atoms with Crippen molar-refractivity contribution in [3.63, 3.8) is 0 Å². The quantitative estimate of drug-likeness (QED) is 0.690. The average Bonchev–Trinajstić information content (AvgIpc) is 3.09. The molecule has 0 bridgehead atoms. The van der Waals surface area contributed by atoms with Crippen LogP contribution >= 0.6 is 11.8 Å². The number of nitrogens with zero attached hydrogens (tertiary/aromatic N) is 3. The predicted molar refractivity (Wildman–Crippen MR) is 110 cm³/mol. The summed E-state index contributed by atoms with van der Waals surface area (Å²) in [5, 5.41) is 0.812. The zero-order valence-electron chi connectivity index (χ0n) is 15.5. The molecule has 5 nitrogen and oxygen atoms in total. The standard InChI is InChI=1S/C21H24N4OS/c1-16-7-8-18-19(13-16)23-21(22-18)27-15-20(26)25-11-9-24(10-12-25)14-17-5-3-2-4-6-17/h2-8,13H,9-12,14-15H2,1H3,(H,22,23). The van der Waals surface area contributed by atoms with Gasteiger partial charge in [0, 0.05) is 32.7 Å². The molecule has 27 heavy (non-hydrogen) atoms. The highest BCUT2D eigenvalue weighted by Crippen LogP contribution is 2.21. The molecule has 4 rings (SSSR count). The number of aromatic amines is 1. The van der Waals surface area contributed by atoms with E-state index in [1.54, 1.807) is 0 Å². The number of nitrogens with one attached hydrogen (secondary N) is 1. The Hall–Kier alpha value is -2.31. The summed E-state index contributed by atoms with van der Waals surface area (Å²) in [4.78, 5) is 24.8. The van der Waals surface area contributed by atoms with E-state index in [1.165, 1.54) is 22.9 Å². The van der Waals surface area contributed by atoms with Crippen LogP contribution in [-0.4, -0.2) is 57.6 Å². The number of rotatable bonds is 5. The minimum absolute atomic E-state index is 0.191. The van der Waals surface area contributed by atoms with Crippen molar-refractivity contribution in [1.29, 1.82) is 0 Å². The Morgan fingerprint density at radius 1 is 1.11 bits per heavy atom. The van der Waals surface area contributed by atoms with Gasteiger partial charge in [-0.1, -0.05) is 48.2 Å². The van der Waals surface area contributed by atoms with Gasteiger partial charge in [0.15, 0.2) is 5.16 Å². The van der Waals surface area contributed by atoms with Crippen molar-refractivity contribution in [2.45, 2.75) is 18.6 Å². The summed E-state index contributed by atoms with van der Waals surface area (Å²) in [5.41, 5.74) is 4.50. The van der Waals surface area contributed by atoms with E-state index in [0.717, 1.165) is 48.9 Å². The molecule has 140 valence electrons. The summed E-state index contributed by atoms with van der Waals surface area (Å²) in [6.45, 7) is 6.46. The van der Waals surface area contributed by atoms with E-state index < -0.39 is 0 Å². The second kappa shape index (κ2) is 8.15. The van der Waals surface area contributed by atoms with Gasteiger partial charge >= 0.3 is 0 Å². The first-order valence-electron chi connectivity index (χ1n) is 9.30. The molecule has 0 aliphatic carbocycles. The SMILES string of the molecule is Cc1ccc2nc(SCC(=O)N3CCN(Cc4ccccc4)CC3)[nH]c2c1. The van der Waals surface area contributed by atoms with Crippen LogP contribution in [0.2, 0.25) is 0 Å². The van der Waals surface area contributed by atoms with E-state index in [9.17, 15) is 4.79 Å². The van der Waals surface area contributed by atoms with Crippen molar-refractivity contribution >= 4 is 28.7 Å². The van der Waals surface area contributed by atoms with Crippen molar-refractivity contribution in [3.8, 4) is 0 Å². The first kappa shape index (κ1) is 18.1. The highest BCUT2D eigenvalue weighted by atomic mass is 32.2. The molecular weight excluding hydrogens is 356 g/mol. The lowest BCUT2D eigenvalue weighted by atomic mass is 10.2. The number of aryl methyl sites for hydroxylation is 1. The number of hydrogen-bond donors (Lipinski definition) is 1. The minimum atomic E-state index is 0.191. The number of hydrogen-bond acceptors (Lipinski definition) is 4. The average molecular weight is 381 g/mol. The van der Waals surface area contributed by atoms with Gasteiger partial charge in [0.25, 0.3) is 0 Å². The Kier molecular flexibility index (Phi) is 5.45. The number of fused-ring (bicyclic) bond motifs is 1. The first-order valence-corrected chi connectivity index (χ1v) is 10.3. The molecule has 0 spiro atoms. The molecule has 1 fully saturated rings. The van der Waals surface area contributed by atoms with Crippen LogP contribution in [0.1, 0.15) is 11.1 Å². The van der Waals surface area contributed by atoms with Gasteiger partial charge in [0.2, 0.25) is 5.91 Å². The Bertz CT molecular complexity index is 916. The fraction of sp³-hybridized carbons (Fsp3) is 0.333. The molecule has 0 unspecified atom stereocenters. The number of carbonyl (C=O) groups excluding carboxylic acids is 1. The number of H-pyrrole nitrogens is 1. The molecule has 2 heterocycles. The summed E-state index contributed by atoms with van der Waals surface area (Å²) in [6.07, 6.45) is 0. The van der Waals surface area contributed by atoms with Crippen LogP contribution in [0.15, 0.2) is 53.7 Å². The van der Waals surface area contributed by atoms with E-state index in [4.69, 9.17) is 0 Å². The molecule has 1 aliphatic rings. The Labute approximate surface area is 163 Å². The van der Waals surface area contributed by atoms with Crippen LogP contribution in [0.4, 0.5) is 0 Å². The normalized spacial score (nSPS) is 15.4. The molecule has 1 aromatic heterocycles. The number of piperazine rings is 1. The van der Waals surface area contributed by atoms with Crippen LogP contribution in [0.5, 0.6) is 0 Å². The first-order chi connectivity index (χ1) is 13.2. The lowest BCUT2D eigenvalue weighted by Crippen LogP contribution is -2.48. The molecule has 1 saturated heterocycles. The Balaban J connectivity index is 1.26. The topological polar surface area (TPSA) is 52.2 Å². The summed E-state index contributed by atoms with van der Waals surface area (Å²) in [5.74, 6) is 0.619. The molecule has 0 radical (unpaired) electrons. The lowest BCUT2D eigenvalue weighted by molar-refractivity contribution is -0.130. The third kappa shape index (κ3) is 4.51. The Morgan fingerprint density at radius 3 is 2.67 bits per heavy atom. The van der Waals surface area contributed by atoms with Crippen molar-refractivity contribution in [1.82, 2.24) is 19.8 Å². The van der Waals surface area contributed by atoms with E-state index in [-0.39, 0.29) is 5.91 Å². The zero-order valence-corrected chi connectivity index (χ0v) is 16.3. The van der Waals surface area contributed by atoms with Crippen molar-refractivity contribution in [2.75, 3.05) is 31.9 Å². The summed E-state index contributed by atoms with van der Waals surface area (Å²) in [6, 6.07) is 16.7. The van der Waals surface area contributed by atoms with Gasteiger partial charge in [-0.05, 0) is 30.2 Å². The van der Waals surface area contributed by atoms with Crippen LogP contribution in [0.25, 0.3) is 11.0 Å². The number of thioether (sulfide) groups is 1. The maximum Gasteiger partial charge on any atom is 0.233 e. The number of imidazole rings is 1. The smallest absolute Gasteiger partial charge is 0.233 e. The van der Waals surface area contributed by atoms with Gasteiger partial charge < -0.3 is 9.88 Å². The van der Waals surface area contributed by atoms with Crippen LogP contribution in [0.3, 0.4) is 0 Å². The molecule has 3 aromatic rings. The number of benzene rings is 2. The number of aromatic nitrogens is 2. The van der Waals surface area contributed by atoms with Gasteiger partial charge in [0.05, 0.1) is 16.8 Å². The molecular formula is C21H24N4OS. The largest absolute Gasteiger partial charge is 0.339 e. The summed E-state index contributed by atoms with van der Waals surface area (Å²) >= 11 is 1.49. The molecule has 1 aliphatic heterocycles. The second-order valence-electron chi connectivity index (χ2n) is 6.99. The highest BCUT2D eigenvalue weighted by molar-refractivity contribution is 7.99. The second-order valence-corrected chi connectivity index (χ2v) is 7.96. The third-order valence-corrected chi connectivity index (χ3v) is 5.78. The fourth-order valence-electron chi connectivity index (χ4n) is 3.39. The molecule has 0 atom stereocenters. The zero-order chi connectivity index (χ0) is 18.6. The molecule has 2 aromatic carbocycles. The number of amides is 1. The monoisotopic (exact) mass is 380 g/mol. The number of carbonyl (C=O) groups is 1. The van der Waals surface area contributed by atoms with E-state index >= 15 is 0 Å². The fourth-order valence-corrected chi connectivity index (χ4v) is 4.17. The van der Waals surface area contributed by atoms with Gasteiger partial charge in [0.1, 0.15) is 0 Å². The minimum Gasteiger partial charge on any atom is -0.339 e. The summed E-state index contributed by atoms with van der Waals surface area (Å²) < 4.78 is 0. The lowest BCUT2D eigenvalue weighted by Gasteiger charge is -2.34. The van der Waals surface area contributed by atoms with Crippen LogP contribution < -0.4 is 0 Å². The summed E-state index contributed by atoms with van der Waals surface area (Å²) in [7, 11) is 0. The van der Waals surface area contributed by atoms with Crippen molar-refractivity contribution in [3.05, 3.63) is 59.7 Å². The molecule has 1 N–H and O–H groups in total. The maximum absolute atomic E-state index is 12.6. The predicted octanol–water partition coefficient (Wildman–Crippen LogP) is 3.31. The van der Waals surface area contributed by atoms with Gasteiger partial charge in [-0.25, -0.2) is 4.98 Å². The molecule has 0 saturated carbocycles. The van der Waals surface area contributed by atoms with E-state index in [0.29, 0.717) is 5.75 Å². The highest BCUT2D eigenvalue weighted by Gasteiger charge is 2.21. The molecule has 6 heteroatoms. The van der Waals surface area contributed by atoms with E-state index in [2.05, 4.69) is 58.2 Å². The van der Waals surface area contributed by atoms with Gasteiger partial charge in [-0.2, -0.15) is 0 Å². The van der Waals surface area contributed by atoms with Crippen molar-refractivity contribution in [2.24, 2.45) is 0 Å². The van der Waals surface area contributed by atoms with Crippen LogP contribution in [-0.2, 0) is 11.3 Å². The van der Waals surface area contributed by atoms with Crippen LogP contribution in [0, 0.1) is 6.92 Å². The van der Waals surface area contributed by atoms with E-state index in [1.807, 2.05) is 17.0 Å². The molecule has 1 amide bonds. The van der Waals surface area contributed by atoms with Gasteiger partial charge in [-0.15, -0.1) is 0 Å².